The van der Waals surface area contributed by atoms with Crippen LogP contribution in [0.2, 0.25) is 16.6 Å². The molecule has 0 N–H and O–H groups in total. The van der Waals surface area contributed by atoms with Gasteiger partial charge in [0, 0.05) is 37.2 Å². The molecule has 0 spiro atoms. The van der Waals surface area contributed by atoms with Gasteiger partial charge in [-0.05, 0) is 109 Å². The maximum atomic E-state index is 4.26. The fourth-order valence-corrected chi connectivity index (χ4v) is 16.1. The lowest BCUT2D eigenvalue weighted by Gasteiger charge is -2.44. The SMILES string of the molecule is CC(C)[Si](c1ccc(C(c2ccc(-c3ccncc3)cc2)(c2ccc(-c3ccncc3)cc2)c2ccc(-c3ccncc3)cc2)cc1)(C(C)C)C(C)C. The first kappa shape index (κ1) is 35.9. The first-order valence-corrected chi connectivity index (χ1v) is 21.1. The normalized spacial score (nSPS) is 12.1. The zero-order chi connectivity index (χ0) is 37.0. The van der Waals surface area contributed by atoms with Gasteiger partial charge in [-0.1, -0.05) is 144 Å². The lowest BCUT2D eigenvalue weighted by atomic mass is 9.64. The van der Waals surface area contributed by atoms with Crippen LogP contribution in [0.15, 0.2) is 171 Å². The van der Waals surface area contributed by atoms with Crippen LogP contribution in [0.25, 0.3) is 33.4 Å². The molecule has 0 atom stereocenters. The summed E-state index contributed by atoms with van der Waals surface area (Å²) in [6.45, 7) is 14.7. The predicted octanol–water partition coefficient (Wildman–Crippen LogP) is 12.1. The monoisotopic (exact) mass is 707 g/mol. The van der Waals surface area contributed by atoms with Gasteiger partial charge in [0.1, 0.15) is 0 Å². The van der Waals surface area contributed by atoms with Gasteiger partial charge in [0.15, 0.2) is 0 Å². The van der Waals surface area contributed by atoms with Crippen molar-refractivity contribution in [2.45, 2.75) is 63.6 Å². The second-order valence-corrected chi connectivity index (χ2v) is 21.1. The van der Waals surface area contributed by atoms with Crippen molar-refractivity contribution in [3.05, 3.63) is 193 Å². The number of hydrogen-bond acceptors (Lipinski definition) is 3. The molecule has 0 aliphatic heterocycles. The van der Waals surface area contributed by atoms with Gasteiger partial charge < -0.3 is 0 Å². The van der Waals surface area contributed by atoms with Gasteiger partial charge in [-0.25, -0.2) is 0 Å². The third kappa shape index (κ3) is 6.57. The average molecular weight is 708 g/mol. The number of rotatable bonds is 11. The summed E-state index contributed by atoms with van der Waals surface area (Å²) < 4.78 is 0. The molecule has 4 aromatic carbocycles. The zero-order valence-corrected chi connectivity index (χ0v) is 32.7. The molecule has 7 rings (SSSR count). The van der Waals surface area contributed by atoms with Gasteiger partial charge in [-0.15, -0.1) is 0 Å². The largest absolute Gasteiger partial charge is 0.265 e. The van der Waals surface area contributed by atoms with E-state index in [0.29, 0.717) is 16.6 Å². The van der Waals surface area contributed by atoms with E-state index >= 15 is 0 Å². The maximum absolute atomic E-state index is 4.26. The Labute approximate surface area is 316 Å². The lowest BCUT2D eigenvalue weighted by molar-refractivity contribution is 0.745. The molecule has 0 amide bonds. The van der Waals surface area contributed by atoms with Crippen molar-refractivity contribution < 1.29 is 0 Å². The molecule has 3 aromatic heterocycles. The Morgan fingerprint density at radius 3 is 0.792 bits per heavy atom. The molecule has 4 heteroatoms. The minimum Gasteiger partial charge on any atom is -0.265 e. The van der Waals surface area contributed by atoms with Crippen molar-refractivity contribution in [1.29, 1.82) is 0 Å². The predicted molar refractivity (Wildman–Crippen MR) is 225 cm³/mol. The Bertz CT molecular complexity index is 1990. The number of nitrogens with zero attached hydrogens (tertiary/aromatic N) is 3. The van der Waals surface area contributed by atoms with Gasteiger partial charge in [0.2, 0.25) is 0 Å². The Morgan fingerprint density at radius 1 is 0.321 bits per heavy atom. The Hall–Kier alpha value is -5.45. The molecule has 53 heavy (non-hydrogen) atoms. The standard InChI is InChI=1S/C49H49N3Si/c1-35(2)53(36(3)4,37(5)6)48-21-19-47(20-22-48)49(44-13-7-38(8-14-44)41-23-29-50-30-24-41,45-15-9-39(10-16-45)42-25-31-51-32-26-42)46-17-11-40(12-18-46)43-27-33-52-34-28-43/h7-37H,1-6H3. The van der Waals surface area contributed by atoms with Crippen LogP contribution in [-0.2, 0) is 5.41 Å². The van der Waals surface area contributed by atoms with E-state index in [-0.39, 0.29) is 0 Å². The molecule has 0 fully saturated rings. The average Bonchev–Trinajstić information content (AvgIpc) is 3.20. The molecular formula is C49H49N3Si. The number of pyridine rings is 3. The van der Waals surface area contributed by atoms with Gasteiger partial charge in [0.25, 0.3) is 0 Å². The summed E-state index contributed by atoms with van der Waals surface area (Å²) in [4.78, 5) is 12.8. The van der Waals surface area contributed by atoms with E-state index in [1.807, 2.05) is 37.2 Å². The second-order valence-electron chi connectivity index (χ2n) is 15.2. The highest BCUT2D eigenvalue weighted by molar-refractivity contribution is 6.95. The van der Waals surface area contributed by atoms with Crippen LogP contribution in [-0.4, -0.2) is 23.0 Å². The van der Waals surface area contributed by atoms with E-state index in [9.17, 15) is 0 Å². The van der Waals surface area contributed by atoms with Gasteiger partial charge in [-0.2, -0.15) is 0 Å². The third-order valence-electron chi connectivity index (χ3n) is 11.7. The van der Waals surface area contributed by atoms with Crippen molar-refractivity contribution in [1.82, 2.24) is 15.0 Å². The van der Waals surface area contributed by atoms with Crippen LogP contribution in [0.3, 0.4) is 0 Å². The van der Waals surface area contributed by atoms with Crippen LogP contribution in [0.5, 0.6) is 0 Å². The molecule has 7 aromatic rings. The Morgan fingerprint density at radius 2 is 0.547 bits per heavy atom. The Balaban J connectivity index is 1.48. The number of benzene rings is 4. The smallest absolute Gasteiger partial charge is 0.0942 e. The second kappa shape index (κ2) is 15.3. The van der Waals surface area contributed by atoms with E-state index in [1.54, 1.807) is 5.19 Å². The molecule has 264 valence electrons. The van der Waals surface area contributed by atoms with E-state index in [0.717, 1.165) is 16.7 Å². The summed E-state index contributed by atoms with van der Waals surface area (Å²) >= 11 is 0. The molecule has 0 aliphatic rings. The Kier molecular flexibility index (Phi) is 10.3. The maximum Gasteiger partial charge on any atom is 0.0942 e. The van der Waals surface area contributed by atoms with Crippen LogP contribution in [0.4, 0.5) is 0 Å². The molecule has 3 nitrogen and oxygen atoms in total. The lowest BCUT2D eigenvalue weighted by Crippen LogP contribution is -2.55. The van der Waals surface area contributed by atoms with Gasteiger partial charge in [0.05, 0.1) is 13.5 Å². The molecule has 0 saturated carbocycles. The van der Waals surface area contributed by atoms with Gasteiger partial charge >= 0.3 is 0 Å². The molecule has 0 aliphatic carbocycles. The van der Waals surface area contributed by atoms with E-state index in [1.165, 1.54) is 38.9 Å². The zero-order valence-electron chi connectivity index (χ0n) is 31.7. The van der Waals surface area contributed by atoms with Crippen molar-refractivity contribution >= 4 is 13.3 Å². The quantitative estimate of drug-likeness (QED) is 0.0992. The molecular weight excluding hydrogens is 659 g/mol. The van der Waals surface area contributed by atoms with Crippen LogP contribution in [0.1, 0.15) is 63.8 Å². The molecule has 0 saturated heterocycles. The topological polar surface area (TPSA) is 38.7 Å². The minimum atomic E-state index is -1.87. The van der Waals surface area contributed by atoms with E-state index < -0.39 is 13.5 Å². The molecule has 0 bridgehead atoms. The van der Waals surface area contributed by atoms with Crippen LogP contribution >= 0.6 is 0 Å². The fraction of sp³-hybridized carbons (Fsp3) is 0.204. The van der Waals surface area contributed by atoms with Crippen molar-refractivity contribution in [2.75, 3.05) is 0 Å². The van der Waals surface area contributed by atoms with E-state index in [4.69, 9.17) is 0 Å². The molecule has 0 unspecified atom stereocenters. The van der Waals surface area contributed by atoms with Crippen molar-refractivity contribution in [3.63, 3.8) is 0 Å². The number of hydrogen-bond donors (Lipinski definition) is 0. The summed E-state index contributed by atoms with van der Waals surface area (Å²) in [7, 11) is -1.87. The van der Waals surface area contributed by atoms with Gasteiger partial charge in [-0.3, -0.25) is 15.0 Å². The van der Waals surface area contributed by atoms with Crippen molar-refractivity contribution in [3.8, 4) is 33.4 Å². The summed E-state index contributed by atoms with van der Waals surface area (Å²) in [6.07, 6.45) is 11.2. The van der Waals surface area contributed by atoms with Crippen LogP contribution < -0.4 is 5.19 Å². The minimum absolute atomic E-state index is 0.597. The summed E-state index contributed by atoms with van der Waals surface area (Å²) in [6, 6.07) is 49.8. The first-order valence-electron chi connectivity index (χ1n) is 18.9. The fourth-order valence-electron chi connectivity index (χ4n) is 9.38. The highest BCUT2D eigenvalue weighted by Crippen LogP contribution is 2.47. The summed E-state index contributed by atoms with van der Waals surface area (Å²) in [5.41, 5.74) is 13.2. The first-order chi connectivity index (χ1) is 25.8. The highest BCUT2D eigenvalue weighted by atomic mass is 28.3. The summed E-state index contributed by atoms with van der Waals surface area (Å²) in [5.74, 6) is 0. The summed E-state index contributed by atoms with van der Waals surface area (Å²) in [5, 5.41) is 1.55. The van der Waals surface area contributed by atoms with Crippen molar-refractivity contribution in [2.24, 2.45) is 0 Å². The molecule has 0 radical (unpaired) electrons. The number of aromatic nitrogens is 3. The van der Waals surface area contributed by atoms with Crippen LogP contribution in [0, 0.1) is 0 Å². The third-order valence-corrected chi connectivity index (χ3v) is 18.7. The highest BCUT2D eigenvalue weighted by Gasteiger charge is 2.45. The van der Waals surface area contributed by atoms with E-state index in [2.05, 4.69) is 190 Å². The molecule has 3 heterocycles.